The highest BCUT2D eigenvalue weighted by molar-refractivity contribution is 5.71. The standard InChI is InChI=1S/C36H46N4O2/c41-36-18-10-4-1-2-5-11-19-38-21-17-30(35(25-38)23-26-13-7-3-6-12-20-39(26)34(35)36)29(24-36)33-32-28(16-22-40(33)42)27-14-8-9-15-31(27)37-32/h1,4,7-9,13-15,24,26,30,34,41-42H,2-3,5-6,10-12,16-23,25H2/b4-1-,13-7-/t26?,30-,34+,35-,36-/m0/s1. The molecule has 6 heterocycles. The van der Waals surface area contributed by atoms with E-state index < -0.39 is 5.60 Å². The summed E-state index contributed by atoms with van der Waals surface area (Å²) in [5.41, 5.74) is 3.13. The number of hydrogen-bond acceptors (Lipinski definition) is 6. The zero-order valence-electron chi connectivity index (χ0n) is 24.9. The van der Waals surface area contributed by atoms with Gasteiger partial charge in [0, 0.05) is 29.8 Å². The van der Waals surface area contributed by atoms with Crippen molar-refractivity contribution < 1.29 is 10.3 Å². The molecule has 6 nitrogen and oxygen atoms in total. The van der Waals surface area contributed by atoms with Crippen molar-refractivity contribution in [2.45, 2.75) is 88.3 Å². The van der Waals surface area contributed by atoms with Crippen molar-refractivity contribution in [1.29, 1.82) is 0 Å². The third-order valence-electron chi connectivity index (χ3n) is 11.5. The van der Waals surface area contributed by atoms with Gasteiger partial charge in [-0.3, -0.25) is 15.2 Å². The molecule has 0 aromatic heterocycles. The maximum absolute atomic E-state index is 13.1. The molecule has 2 N–H and O–H groups in total. The summed E-state index contributed by atoms with van der Waals surface area (Å²) in [4.78, 5) is 10.6. The summed E-state index contributed by atoms with van der Waals surface area (Å²) in [6.07, 6.45) is 23.4. The van der Waals surface area contributed by atoms with Crippen LogP contribution in [0, 0.1) is 11.3 Å². The lowest BCUT2D eigenvalue weighted by molar-refractivity contribution is -0.102. The minimum Gasteiger partial charge on any atom is -0.384 e. The average Bonchev–Trinajstić information content (AvgIpc) is 3.49. The van der Waals surface area contributed by atoms with Crippen LogP contribution in [-0.4, -0.2) is 75.6 Å². The summed E-state index contributed by atoms with van der Waals surface area (Å²) < 4.78 is 0. The van der Waals surface area contributed by atoms with E-state index in [4.69, 9.17) is 4.99 Å². The van der Waals surface area contributed by atoms with Gasteiger partial charge in [-0.15, -0.1) is 0 Å². The number of aliphatic hydroxyl groups is 1. The maximum Gasteiger partial charge on any atom is 0.0998 e. The van der Waals surface area contributed by atoms with E-state index in [1.807, 2.05) is 0 Å². The molecule has 3 bridgehead atoms. The molecule has 1 aromatic rings. The van der Waals surface area contributed by atoms with Crippen molar-refractivity contribution in [3.05, 3.63) is 82.2 Å². The molecular formula is C36H46N4O2. The Morgan fingerprint density at radius 2 is 1.74 bits per heavy atom. The van der Waals surface area contributed by atoms with Gasteiger partial charge in [0.2, 0.25) is 0 Å². The van der Waals surface area contributed by atoms with Crippen LogP contribution in [0.4, 0.5) is 0 Å². The first-order valence-corrected chi connectivity index (χ1v) is 16.7. The molecule has 2 unspecified atom stereocenters. The van der Waals surface area contributed by atoms with E-state index in [1.165, 1.54) is 41.5 Å². The van der Waals surface area contributed by atoms with Crippen molar-refractivity contribution in [3.63, 3.8) is 0 Å². The third-order valence-corrected chi connectivity index (χ3v) is 11.5. The van der Waals surface area contributed by atoms with Crippen LogP contribution in [0.3, 0.4) is 0 Å². The predicted molar refractivity (Wildman–Crippen MR) is 165 cm³/mol. The molecule has 8 rings (SSSR count). The number of hydrogen-bond donors (Lipinski definition) is 2. The second-order valence-corrected chi connectivity index (χ2v) is 14.0. The molecule has 6 atom stereocenters. The van der Waals surface area contributed by atoms with E-state index >= 15 is 0 Å². The molecule has 2 saturated heterocycles. The van der Waals surface area contributed by atoms with E-state index in [2.05, 4.69) is 64.4 Å². The average molecular weight is 567 g/mol. The van der Waals surface area contributed by atoms with Crippen LogP contribution in [0.5, 0.6) is 0 Å². The number of benzene rings is 1. The van der Waals surface area contributed by atoms with E-state index in [1.54, 1.807) is 0 Å². The first kappa shape index (κ1) is 27.1. The number of nitrogens with zero attached hydrogens (tertiary/aromatic N) is 4. The van der Waals surface area contributed by atoms with Crippen LogP contribution in [0.1, 0.15) is 70.6 Å². The molecule has 1 aliphatic carbocycles. The van der Waals surface area contributed by atoms with Crippen LogP contribution in [0.15, 0.2) is 76.6 Å². The number of para-hydroxylation sites is 1. The number of rotatable bonds is 1. The smallest absolute Gasteiger partial charge is 0.0998 e. The number of allylic oxidation sites excluding steroid dienone is 5. The lowest BCUT2D eigenvalue weighted by Crippen LogP contribution is -2.66. The van der Waals surface area contributed by atoms with Gasteiger partial charge in [-0.2, -0.15) is 0 Å². The molecule has 2 fully saturated rings. The van der Waals surface area contributed by atoms with Crippen molar-refractivity contribution in [1.82, 2.24) is 14.9 Å². The second kappa shape index (κ2) is 10.6. The Bertz CT molecular complexity index is 1490. The highest BCUT2D eigenvalue weighted by atomic mass is 16.5. The van der Waals surface area contributed by atoms with Gasteiger partial charge in [-0.25, -0.2) is 4.99 Å². The number of hydroxylamine groups is 2. The normalized spacial score (nSPS) is 39.7. The Morgan fingerprint density at radius 1 is 0.905 bits per heavy atom. The Labute approximate surface area is 250 Å². The van der Waals surface area contributed by atoms with Crippen LogP contribution in [-0.2, 0) is 0 Å². The zero-order valence-corrected chi connectivity index (χ0v) is 24.9. The molecule has 6 aliphatic heterocycles. The van der Waals surface area contributed by atoms with E-state index in [-0.39, 0.29) is 17.4 Å². The largest absolute Gasteiger partial charge is 0.384 e. The summed E-state index contributed by atoms with van der Waals surface area (Å²) in [5, 5.41) is 28.4. The predicted octanol–water partition coefficient (Wildman–Crippen LogP) is 4.46. The van der Waals surface area contributed by atoms with Gasteiger partial charge in [0.15, 0.2) is 0 Å². The molecular weight excluding hydrogens is 520 g/mol. The highest BCUT2D eigenvalue weighted by Crippen LogP contribution is 2.61. The maximum atomic E-state index is 13.1. The van der Waals surface area contributed by atoms with Crippen molar-refractivity contribution >= 4 is 5.57 Å². The van der Waals surface area contributed by atoms with Crippen molar-refractivity contribution in [2.24, 2.45) is 16.3 Å². The van der Waals surface area contributed by atoms with Gasteiger partial charge in [0.05, 0.1) is 28.4 Å². The molecule has 42 heavy (non-hydrogen) atoms. The summed E-state index contributed by atoms with van der Waals surface area (Å²) in [5.74, 6) is 0.275. The fourth-order valence-electron chi connectivity index (χ4n) is 9.92. The van der Waals surface area contributed by atoms with Crippen LogP contribution >= 0.6 is 0 Å². The third kappa shape index (κ3) is 4.24. The zero-order chi connectivity index (χ0) is 28.3. The Hall–Kier alpha value is -2.51. The Kier molecular flexibility index (Phi) is 6.82. The minimum absolute atomic E-state index is 0.0750. The molecule has 1 aromatic carbocycles. The first-order chi connectivity index (χ1) is 20.6. The van der Waals surface area contributed by atoms with Crippen LogP contribution < -0.4 is 10.6 Å². The van der Waals surface area contributed by atoms with Gasteiger partial charge in [0.25, 0.3) is 0 Å². The molecule has 6 heteroatoms. The topological polar surface area (TPSA) is 62.5 Å². The summed E-state index contributed by atoms with van der Waals surface area (Å²) in [6, 6.07) is 8.85. The Morgan fingerprint density at radius 3 is 2.67 bits per heavy atom. The molecule has 0 amide bonds. The van der Waals surface area contributed by atoms with Crippen LogP contribution in [0.2, 0.25) is 0 Å². The molecule has 0 saturated carbocycles. The van der Waals surface area contributed by atoms with Gasteiger partial charge in [0.1, 0.15) is 0 Å². The summed E-state index contributed by atoms with van der Waals surface area (Å²) in [6.45, 7) is 4.85. The fourth-order valence-corrected chi connectivity index (χ4v) is 9.92. The summed E-state index contributed by atoms with van der Waals surface area (Å²) >= 11 is 0. The fraction of sp³-hybridized carbons (Fsp3) is 0.583. The number of fused-ring (bicyclic) bond motifs is 4. The number of piperidine rings is 1. The minimum atomic E-state index is -0.980. The molecule has 222 valence electrons. The molecule has 1 spiro atoms. The van der Waals surface area contributed by atoms with Crippen molar-refractivity contribution in [3.8, 4) is 0 Å². The van der Waals surface area contributed by atoms with Gasteiger partial charge in [-0.1, -0.05) is 42.5 Å². The van der Waals surface area contributed by atoms with E-state index in [0.29, 0.717) is 19.0 Å². The second-order valence-electron chi connectivity index (χ2n) is 14.0. The van der Waals surface area contributed by atoms with E-state index in [9.17, 15) is 10.3 Å². The molecule has 7 aliphatic rings. The van der Waals surface area contributed by atoms with E-state index in [0.717, 1.165) is 87.0 Å². The lowest BCUT2D eigenvalue weighted by atomic mass is 9.54. The van der Waals surface area contributed by atoms with Crippen molar-refractivity contribution in [2.75, 3.05) is 32.7 Å². The summed E-state index contributed by atoms with van der Waals surface area (Å²) in [7, 11) is 0. The molecule has 0 radical (unpaired) electrons. The first-order valence-electron chi connectivity index (χ1n) is 16.7. The Balaban J connectivity index is 1.34. The quantitative estimate of drug-likeness (QED) is 0.492. The lowest BCUT2D eigenvalue weighted by Gasteiger charge is -2.58. The van der Waals surface area contributed by atoms with Gasteiger partial charge < -0.3 is 10.0 Å². The SMILES string of the molecule is ON1CCC2=c3ccccc3=NC2=C1C1=C[C@@]2(O)CC/C=C\CCCCN3CC[C@@H]1[C@]1(CC4/C=C\CCCCN4[C@H]12)C3. The van der Waals surface area contributed by atoms with Crippen LogP contribution in [0.25, 0.3) is 5.57 Å². The van der Waals surface area contributed by atoms with Gasteiger partial charge >= 0.3 is 0 Å². The highest BCUT2D eigenvalue weighted by Gasteiger charge is 2.66. The van der Waals surface area contributed by atoms with Gasteiger partial charge in [-0.05, 0) is 119 Å². The monoisotopic (exact) mass is 566 g/mol.